The Kier molecular flexibility index (Phi) is 5.58. The molecule has 0 atom stereocenters. The van der Waals surface area contributed by atoms with E-state index in [2.05, 4.69) is 18.1 Å². The van der Waals surface area contributed by atoms with Crippen molar-refractivity contribution in [2.45, 2.75) is 18.4 Å². The molecule has 3 rings (SSSR count). The summed E-state index contributed by atoms with van der Waals surface area (Å²) in [4.78, 5) is 6.88. The zero-order chi connectivity index (χ0) is 19.4. The quantitative estimate of drug-likeness (QED) is 0.558. The van der Waals surface area contributed by atoms with Gasteiger partial charge >= 0.3 is 0 Å². The molecule has 0 saturated heterocycles. The van der Waals surface area contributed by atoms with Gasteiger partial charge in [-0.2, -0.15) is 0 Å². The van der Waals surface area contributed by atoms with Gasteiger partial charge in [-0.3, -0.25) is 4.90 Å². The predicted molar refractivity (Wildman–Crippen MR) is 109 cm³/mol. The minimum Gasteiger partial charge on any atom is -0.289 e. The molecule has 0 radical (unpaired) electrons. The monoisotopic (exact) mass is 381 g/mol. The van der Waals surface area contributed by atoms with Crippen LogP contribution < -0.4 is 0 Å². The Hall–Kier alpha value is -2.70. The number of rotatable bonds is 8. The van der Waals surface area contributed by atoms with Crippen LogP contribution in [0.25, 0.3) is 11.0 Å². The van der Waals surface area contributed by atoms with Gasteiger partial charge in [-0.25, -0.2) is 17.4 Å². The van der Waals surface area contributed by atoms with E-state index in [1.165, 1.54) is 3.97 Å². The van der Waals surface area contributed by atoms with Crippen LogP contribution in [0.2, 0.25) is 0 Å². The zero-order valence-electron chi connectivity index (χ0n) is 15.4. The van der Waals surface area contributed by atoms with Gasteiger partial charge in [-0.15, -0.1) is 13.2 Å². The second kappa shape index (κ2) is 7.90. The first-order chi connectivity index (χ1) is 13.0. The Morgan fingerprint density at radius 1 is 1.04 bits per heavy atom. The Bertz CT molecular complexity index is 1060. The van der Waals surface area contributed by atoms with Crippen LogP contribution in [0.5, 0.6) is 0 Å². The fraction of sp³-hybridized carbons (Fsp3) is 0.190. The summed E-state index contributed by atoms with van der Waals surface area (Å²) in [6.07, 6.45) is 3.57. The highest BCUT2D eigenvalue weighted by molar-refractivity contribution is 7.90. The average molecular weight is 382 g/mol. The molecule has 0 amide bonds. The van der Waals surface area contributed by atoms with Crippen LogP contribution in [0.15, 0.2) is 78.7 Å². The second-order valence-electron chi connectivity index (χ2n) is 6.37. The normalized spacial score (nSPS) is 11.8. The molecule has 0 aliphatic rings. The van der Waals surface area contributed by atoms with Gasteiger partial charge in [0.2, 0.25) is 0 Å². The number of imidazole rings is 1. The van der Waals surface area contributed by atoms with Gasteiger partial charge in [0.1, 0.15) is 5.82 Å². The first-order valence-corrected chi connectivity index (χ1v) is 10.1. The van der Waals surface area contributed by atoms with Crippen LogP contribution >= 0.6 is 0 Å². The number of para-hydroxylation sites is 2. The van der Waals surface area contributed by atoms with Crippen molar-refractivity contribution >= 4 is 21.1 Å². The maximum Gasteiger partial charge on any atom is 0.269 e. The van der Waals surface area contributed by atoms with E-state index in [-0.39, 0.29) is 4.90 Å². The van der Waals surface area contributed by atoms with Gasteiger partial charge < -0.3 is 0 Å². The van der Waals surface area contributed by atoms with Gasteiger partial charge in [0.05, 0.1) is 22.5 Å². The number of benzene rings is 2. The standard InChI is InChI=1S/C21H23N3O2S/c1-4-14-23(15-5-2)16-21-22-19-8-6-7-9-20(19)24(21)27(25,26)18-12-10-17(3)11-13-18/h4-13H,1-2,14-16H2,3H3. The summed E-state index contributed by atoms with van der Waals surface area (Å²) in [6.45, 7) is 11.1. The maximum atomic E-state index is 13.4. The third-order valence-corrected chi connectivity index (χ3v) is 6.04. The lowest BCUT2D eigenvalue weighted by atomic mass is 10.2. The Morgan fingerprint density at radius 2 is 1.67 bits per heavy atom. The fourth-order valence-corrected chi connectivity index (χ4v) is 4.49. The molecule has 0 N–H and O–H groups in total. The predicted octanol–water partition coefficient (Wildman–Crippen LogP) is 3.76. The van der Waals surface area contributed by atoms with Crippen molar-refractivity contribution in [2.75, 3.05) is 13.1 Å². The van der Waals surface area contributed by atoms with Crippen LogP contribution in [-0.2, 0) is 16.6 Å². The molecule has 6 heteroatoms. The summed E-state index contributed by atoms with van der Waals surface area (Å²) < 4.78 is 28.2. The lowest BCUT2D eigenvalue weighted by Crippen LogP contribution is -2.27. The van der Waals surface area contributed by atoms with E-state index >= 15 is 0 Å². The zero-order valence-corrected chi connectivity index (χ0v) is 16.2. The van der Waals surface area contributed by atoms with E-state index in [1.807, 2.05) is 30.0 Å². The third-order valence-electron chi connectivity index (χ3n) is 4.28. The van der Waals surface area contributed by atoms with Crippen LogP contribution in [-0.4, -0.2) is 35.4 Å². The molecule has 0 fully saturated rings. The SMILES string of the molecule is C=CCN(CC=C)Cc1nc2ccccc2n1S(=O)(=O)c1ccc(C)cc1. The summed E-state index contributed by atoms with van der Waals surface area (Å²) >= 11 is 0. The summed E-state index contributed by atoms with van der Waals surface area (Å²) in [5.74, 6) is 0.473. The molecule has 140 valence electrons. The van der Waals surface area contributed by atoms with E-state index in [1.54, 1.807) is 42.5 Å². The van der Waals surface area contributed by atoms with Gasteiger partial charge in [-0.05, 0) is 31.2 Å². The van der Waals surface area contributed by atoms with Crippen molar-refractivity contribution in [2.24, 2.45) is 0 Å². The van der Waals surface area contributed by atoms with E-state index in [9.17, 15) is 8.42 Å². The van der Waals surface area contributed by atoms with Gasteiger partial charge in [0, 0.05) is 13.1 Å². The number of hydrogen-bond acceptors (Lipinski definition) is 4. The van der Waals surface area contributed by atoms with Gasteiger partial charge in [0.15, 0.2) is 0 Å². The largest absolute Gasteiger partial charge is 0.289 e. The Labute approximate surface area is 160 Å². The minimum absolute atomic E-state index is 0.247. The minimum atomic E-state index is -3.77. The van der Waals surface area contributed by atoms with Crippen molar-refractivity contribution in [3.05, 3.63) is 85.2 Å². The second-order valence-corrected chi connectivity index (χ2v) is 8.16. The van der Waals surface area contributed by atoms with Crippen molar-refractivity contribution in [1.29, 1.82) is 0 Å². The van der Waals surface area contributed by atoms with Crippen molar-refractivity contribution in [3.63, 3.8) is 0 Å². The number of aryl methyl sites for hydroxylation is 1. The number of aromatic nitrogens is 2. The highest BCUT2D eigenvalue weighted by Crippen LogP contribution is 2.24. The molecule has 0 spiro atoms. The number of hydrogen-bond donors (Lipinski definition) is 0. The van der Waals surface area contributed by atoms with Crippen molar-refractivity contribution < 1.29 is 8.42 Å². The lowest BCUT2D eigenvalue weighted by molar-refractivity contribution is 0.318. The Balaban J connectivity index is 2.16. The van der Waals surface area contributed by atoms with Crippen LogP contribution in [0.1, 0.15) is 11.4 Å². The van der Waals surface area contributed by atoms with E-state index in [0.29, 0.717) is 36.5 Å². The van der Waals surface area contributed by atoms with Crippen LogP contribution in [0, 0.1) is 6.92 Å². The van der Waals surface area contributed by atoms with Gasteiger partial charge in [0.25, 0.3) is 10.0 Å². The number of nitrogens with zero attached hydrogens (tertiary/aromatic N) is 3. The first kappa shape index (κ1) is 19.1. The molecule has 1 aromatic heterocycles. The molecule has 0 bridgehead atoms. The summed E-state index contributed by atoms with van der Waals surface area (Å²) in [6, 6.07) is 14.1. The molecule has 27 heavy (non-hydrogen) atoms. The topological polar surface area (TPSA) is 55.2 Å². The molecule has 0 unspecified atom stereocenters. The van der Waals surface area contributed by atoms with E-state index in [0.717, 1.165) is 5.56 Å². The fourth-order valence-electron chi connectivity index (χ4n) is 3.01. The highest BCUT2D eigenvalue weighted by atomic mass is 32.2. The third kappa shape index (κ3) is 3.86. The molecular formula is C21H23N3O2S. The molecule has 0 saturated carbocycles. The van der Waals surface area contributed by atoms with E-state index < -0.39 is 10.0 Å². The molecular weight excluding hydrogens is 358 g/mol. The molecule has 0 aliphatic carbocycles. The van der Waals surface area contributed by atoms with Gasteiger partial charge in [-0.1, -0.05) is 42.0 Å². The van der Waals surface area contributed by atoms with Crippen molar-refractivity contribution in [3.8, 4) is 0 Å². The molecule has 5 nitrogen and oxygen atoms in total. The lowest BCUT2D eigenvalue weighted by Gasteiger charge is -2.19. The molecule has 1 heterocycles. The maximum absolute atomic E-state index is 13.4. The van der Waals surface area contributed by atoms with E-state index in [4.69, 9.17) is 0 Å². The number of fused-ring (bicyclic) bond motifs is 1. The molecule has 3 aromatic rings. The smallest absolute Gasteiger partial charge is 0.269 e. The molecule has 0 aliphatic heterocycles. The summed E-state index contributed by atoms with van der Waals surface area (Å²) in [7, 11) is -3.77. The molecule has 2 aromatic carbocycles. The van der Waals surface area contributed by atoms with Crippen molar-refractivity contribution in [1.82, 2.24) is 13.9 Å². The summed E-state index contributed by atoms with van der Waals surface area (Å²) in [5.41, 5.74) is 2.23. The summed E-state index contributed by atoms with van der Waals surface area (Å²) in [5, 5.41) is 0. The Morgan fingerprint density at radius 3 is 2.30 bits per heavy atom. The van der Waals surface area contributed by atoms with Crippen LogP contribution in [0.4, 0.5) is 0 Å². The average Bonchev–Trinajstić information content (AvgIpc) is 3.01. The van der Waals surface area contributed by atoms with Crippen LogP contribution in [0.3, 0.4) is 0 Å². The highest BCUT2D eigenvalue weighted by Gasteiger charge is 2.25. The first-order valence-electron chi connectivity index (χ1n) is 8.70.